The maximum atomic E-state index is 14.0. The average molecular weight is 645 g/mol. The number of unbranched alkanes of at least 4 members (excludes halogenated alkanes) is 2. The number of alkyl halides is 3. The highest BCUT2D eigenvalue weighted by molar-refractivity contribution is 5.83. The molecule has 1 heterocycles. The standard InChI is InChI=1S/C38H51F3O5/c1-10-12-13-14-25-15-18-30(26(11-2)19-25)31-20-27-16-17-29(21-32(27)46-33(31)42)44-22-28(38(39,40)41)23-45-34(43)37(9,36(6,7)8)24-35(3,4)5/h15-21,28H,10-14,22-24H2,1-9H3. The van der Waals surface area contributed by atoms with E-state index in [1.807, 2.05) is 60.6 Å². The molecule has 0 bridgehead atoms. The van der Waals surface area contributed by atoms with Gasteiger partial charge in [0, 0.05) is 11.5 Å². The van der Waals surface area contributed by atoms with E-state index in [4.69, 9.17) is 13.9 Å². The summed E-state index contributed by atoms with van der Waals surface area (Å²) in [4.78, 5) is 26.3. The lowest BCUT2D eigenvalue weighted by Crippen LogP contribution is -2.45. The second-order valence-corrected chi connectivity index (χ2v) is 14.9. The van der Waals surface area contributed by atoms with Gasteiger partial charge in [-0.15, -0.1) is 0 Å². The quantitative estimate of drug-likeness (QED) is 0.105. The van der Waals surface area contributed by atoms with Crippen molar-refractivity contribution in [2.45, 2.75) is 107 Å². The van der Waals surface area contributed by atoms with Crippen molar-refractivity contribution in [3.05, 3.63) is 64.0 Å². The van der Waals surface area contributed by atoms with Crippen LogP contribution in [-0.4, -0.2) is 25.4 Å². The molecule has 0 aliphatic heterocycles. The first-order chi connectivity index (χ1) is 21.3. The summed E-state index contributed by atoms with van der Waals surface area (Å²) in [7, 11) is 0. The Bertz CT molecular complexity index is 1540. The first-order valence-corrected chi connectivity index (χ1v) is 16.4. The predicted molar refractivity (Wildman–Crippen MR) is 178 cm³/mol. The van der Waals surface area contributed by atoms with E-state index >= 15 is 0 Å². The maximum absolute atomic E-state index is 14.0. The van der Waals surface area contributed by atoms with E-state index in [-0.39, 0.29) is 16.7 Å². The molecule has 5 nitrogen and oxygen atoms in total. The van der Waals surface area contributed by atoms with Gasteiger partial charge in [0.2, 0.25) is 0 Å². The molecule has 0 fully saturated rings. The number of carbonyl (C=O) groups is 1. The molecule has 0 saturated carbocycles. The van der Waals surface area contributed by atoms with E-state index in [2.05, 4.69) is 13.0 Å². The predicted octanol–water partition coefficient (Wildman–Crippen LogP) is 10.3. The number of hydrogen-bond donors (Lipinski definition) is 0. The first-order valence-electron chi connectivity index (χ1n) is 16.4. The molecule has 2 atom stereocenters. The van der Waals surface area contributed by atoms with Crippen LogP contribution in [0.25, 0.3) is 22.1 Å². The Balaban J connectivity index is 1.78. The monoisotopic (exact) mass is 644 g/mol. The third kappa shape index (κ3) is 9.38. The van der Waals surface area contributed by atoms with E-state index in [9.17, 15) is 22.8 Å². The summed E-state index contributed by atoms with van der Waals surface area (Å²) in [5, 5.41) is 0.623. The summed E-state index contributed by atoms with van der Waals surface area (Å²) in [6.07, 6.45) is 0.959. The molecule has 46 heavy (non-hydrogen) atoms. The molecule has 2 aromatic carbocycles. The van der Waals surface area contributed by atoms with Gasteiger partial charge in [0.25, 0.3) is 0 Å². The Morgan fingerprint density at radius 2 is 1.57 bits per heavy atom. The number of aryl methyl sites for hydroxylation is 2. The molecule has 0 aliphatic rings. The van der Waals surface area contributed by atoms with Gasteiger partial charge in [-0.05, 0) is 78.3 Å². The van der Waals surface area contributed by atoms with Crippen molar-refractivity contribution in [1.82, 2.24) is 0 Å². The zero-order valence-electron chi connectivity index (χ0n) is 29.0. The Morgan fingerprint density at radius 1 is 0.870 bits per heavy atom. The Labute approximate surface area is 271 Å². The van der Waals surface area contributed by atoms with Gasteiger partial charge in [0.1, 0.15) is 30.5 Å². The van der Waals surface area contributed by atoms with Crippen LogP contribution in [0.4, 0.5) is 13.2 Å². The molecule has 1 aromatic heterocycles. The van der Waals surface area contributed by atoms with Crippen LogP contribution < -0.4 is 10.4 Å². The topological polar surface area (TPSA) is 65.7 Å². The number of ether oxygens (including phenoxy) is 2. The zero-order chi connectivity index (χ0) is 34.5. The van der Waals surface area contributed by atoms with Crippen molar-refractivity contribution < 1.29 is 31.9 Å². The molecular formula is C38H51F3O5. The maximum Gasteiger partial charge on any atom is 0.398 e. The molecule has 0 saturated heterocycles. The summed E-state index contributed by atoms with van der Waals surface area (Å²) in [6.45, 7) is 16.0. The zero-order valence-corrected chi connectivity index (χ0v) is 29.0. The van der Waals surface area contributed by atoms with Gasteiger partial charge in [-0.3, -0.25) is 4.79 Å². The lowest BCUT2D eigenvalue weighted by Gasteiger charge is -2.43. The third-order valence-electron chi connectivity index (χ3n) is 8.94. The molecule has 0 radical (unpaired) electrons. The molecule has 0 spiro atoms. The Hall–Kier alpha value is -3.29. The summed E-state index contributed by atoms with van der Waals surface area (Å²) < 4.78 is 58.6. The highest BCUT2D eigenvalue weighted by atomic mass is 19.4. The minimum absolute atomic E-state index is 0.113. The molecule has 3 aromatic rings. The van der Waals surface area contributed by atoms with Crippen molar-refractivity contribution in [2.24, 2.45) is 22.2 Å². The summed E-state index contributed by atoms with van der Waals surface area (Å²) in [6, 6.07) is 12.5. The number of halogens is 3. The van der Waals surface area contributed by atoms with Crippen LogP contribution in [0.1, 0.15) is 99.1 Å². The van der Waals surface area contributed by atoms with Crippen molar-refractivity contribution >= 4 is 16.9 Å². The second-order valence-electron chi connectivity index (χ2n) is 14.9. The van der Waals surface area contributed by atoms with Crippen molar-refractivity contribution in [3.8, 4) is 16.9 Å². The fourth-order valence-corrected chi connectivity index (χ4v) is 5.78. The van der Waals surface area contributed by atoms with Gasteiger partial charge in [-0.25, -0.2) is 4.79 Å². The van der Waals surface area contributed by atoms with Crippen molar-refractivity contribution in [3.63, 3.8) is 0 Å². The number of benzene rings is 2. The van der Waals surface area contributed by atoms with E-state index in [0.717, 1.165) is 36.8 Å². The highest BCUT2D eigenvalue weighted by Gasteiger charge is 2.49. The number of esters is 1. The van der Waals surface area contributed by atoms with Crippen LogP contribution in [-0.2, 0) is 22.4 Å². The van der Waals surface area contributed by atoms with Crippen LogP contribution in [0.2, 0.25) is 0 Å². The second kappa shape index (κ2) is 14.6. The first kappa shape index (κ1) is 37.2. The lowest BCUT2D eigenvalue weighted by molar-refractivity contribution is -0.202. The van der Waals surface area contributed by atoms with Gasteiger partial charge in [-0.2, -0.15) is 13.2 Å². The van der Waals surface area contributed by atoms with Crippen molar-refractivity contribution in [1.29, 1.82) is 0 Å². The van der Waals surface area contributed by atoms with Gasteiger partial charge in [0.05, 0.1) is 11.0 Å². The van der Waals surface area contributed by atoms with E-state index in [0.29, 0.717) is 17.4 Å². The molecular weight excluding hydrogens is 593 g/mol. The molecule has 2 unspecified atom stereocenters. The van der Waals surface area contributed by atoms with Crippen LogP contribution >= 0.6 is 0 Å². The highest BCUT2D eigenvalue weighted by Crippen LogP contribution is 2.47. The Kier molecular flexibility index (Phi) is 11.8. The van der Waals surface area contributed by atoms with Crippen LogP contribution in [0.15, 0.2) is 51.7 Å². The SMILES string of the molecule is CCCCCc1ccc(-c2cc3ccc(OCC(COC(=O)C(C)(CC(C)(C)C)C(C)(C)C)C(F)(F)F)cc3oc2=O)c(CC)c1. The van der Waals surface area contributed by atoms with E-state index in [1.54, 1.807) is 25.1 Å². The molecule has 0 aliphatic carbocycles. The third-order valence-corrected chi connectivity index (χ3v) is 8.94. The van der Waals surface area contributed by atoms with Gasteiger partial charge in [-0.1, -0.05) is 86.4 Å². The number of carbonyl (C=O) groups excluding carboxylic acids is 1. The minimum atomic E-state index is -4.66. The van der Waals surface area contributed by atoms with Crippen LogP contribution in [0.5, 0.6) is 5.75 Å². The molecule has 254 valence electrons. The van der Waals surface area contributed by atoms with Crippen molar-refractivity contribution in [2.75, 3.05) is 13.2 Å². The average Bonchev–Trinajstić information content (AvgIpc) is 2.94. The molecule has 8 heteroatoms. The van der Waals surface area contributed by atoms with Gasteiger partial charge >= 0.3 is 17.8 Å². The van der Waals surface area contributed by atoms with Crippen LogP contribution in [0, 0.1) is 22.2 Å². The van der Waals surface area contributed by atoms with Gasteiger partial charge < -0.3 is 13.9 Å². The summed E-state index contributed by atoms with van der Waals surface area (Å²) in [5.74, 6) is -2.59. The largest absolute Gasteiger partial charge is 0.493 e. The fourth-order valence-electron chi connectivity index (χ4n) is 5.78. The number of rotatable bonds is 13. The van der Waals surface area contributed by atoms with E-state index in [1.165, 1.54) is 18.1 Å². The minimum Gasteiger partial charge on any atom is -0.493 e. The summed E-state index contributed by atoms with van der Waals surface area (Å²) >= 11 is 0. The van der Waals surface area contributed by atoms with E-state index < -0.39 is 47.7 Å². The van der Waals surface area contributed by atoms with Gasteiger partial charge in [0.15, 0.2) is 0 Å². The van der Waals surface area contributed by atoms with Crippen LogP contribution in [0.3, 0.4) is 0 Å². The molecule has 0 amide bonds. The fraction of sp³-hybridized carbons (Fsp3) is 0.579. The smallest absolute Gasteiger partial charge is 0.398 e. The number of fused-ring (bicyclic) bond motifs is 1. The normalized spacial score (nSPS) is 14.6. The lowest BCUT2D eigenvalue weighted by atomic mass is 9.61. The summed E-state index contributed by atoms with van der Waals surface area (Å²) in [5.41, 5.74) is 1.44. The Morgan fingerprint density at radius 3 is 2.15 bits per heavy atom. The molecule has 3 rings (SSSR count). The molecule has 0 N–H and O–H groups in total. The number of hydrogen-bond acceptors (Lipinski definition) is 5.